The zero-order chi connectivity index (χ0) is 23.0. The third-order valence-electron chi connectivity index (χ3n) is 5.85. The third-order valence-corrected chi connectivity index (χ3v) is 5.85. The number of carbonyl (C=O) groups excluding carboxylic acids is 2. The van der Waals surface area contributed by atoms with Gasteiger partial charge in [-0.2, -0.15) is 0 Å². The molecular weight excluding hydrogens is 414 g/mol. The topological polar surface area (TPSA) is 90.3 Å². The number of nitrogens with zero attached hydrogens (tertiary/aromatic N) is 3. The molecule has 172 valence electrons. The van der Waals surface area contributed by atoms with E-state index in [-0.39, 0.29) is 55.2 Å². The lowest BCUT2D eigenvalue weighted by atomic mass is 10.1. The number of amides is 2. The second-order valence-corrected chi connectivity index (χ2v) is 8.81. The molecule has 9 heteroatoms. The van der Waals surface area contributed by atoms with Crippen LogP contribution in [0.4, 0.5) is 9.59 Å². The van der Waals surface area contributed by atoms with Crippen molar-refractivity contribution in [3.63, 3.8) is 0 Å². The standard InChI is InChI=1S/C23H29N3O6/c1-14(2)25-11-16(31-22(25)28)10-24-9-8-18-19(21(24)27)6-5-7-20(18)30-13-17-12-26(15(3)4)23(29)32-17/h5-9,14-17H,10-13H2,1-4H3. The van der Waals surface area contributed by atoms with Crippen LogP contribution in [0.2, 0.25) is 0 Å². The van der Waals surface area contributed by atoms with Crippen molar-refractivity contribution in [2.24, 2.45) is 0 Å². The average Bonchev–Trinajstić information content (AvgIpc) is 3.30. The Kier molecular flexibility index (Phi) is 5.99. The minimum absolute atomic E-state index is 0.0484. The molecule has 32 heavy (non-hydrogen) atoms. The molecule has 0 saturated carbocycles. The van der Waals surface area contributed by atoms with Crippen molar-refractivity contribution in [3.05, 3.63) is 40.8 Å². The van der Waals surface area contributed by atoms with E-state index in [1.54, 1.807) is 38.8 Å². The number of hydrogen-bond acceptors (Lipinski definition) is 6. The van der Waals surface area contributed by atoms with Crippen LogP contribution in [-0.4, -0.2) is 70.5 Å². The summed E-state index contributed by atoms with van der Waals surface area (Å²) in [6.45, 7) is 9.16. The molecule has 2 unspecified atom stereocenters. The monoisotopic (exact) mass is 443 g/mol. The average molecular weight is 444 g/mol. The maximum atomic E-state index is 13.1. The van der Waals surface area contributed by atoms with Gasteiger partial charge in [0.1, 0.15) is 18.5 Å². The molecule has 4 rings (SSSR count). The SMILES string of the molecule is CC(C)N1CC(COc2cccc3c(=O)n(CC4CN(C(C)C)C(=O)O4)ccc23)OC1=O. The van der Waals surface area contributed by atoms with Gasteiger partial charge in [0.25, 0.3) is 5.56 Å². The lowest BCUT2D eigenvalue weighted by molar-refractivity contribution is 0.102. The van der Waals surface area contributed by atoms with Gasteiger partial charge in [-0.15, -0.1) is 0 Å². The number of carbonyl (C=O) groups is 2. The predicted octanol–water partition coefficient (Wildman–Crippen LogP) is 2.84. The zero-order valence-electron chi connectivity index (χ0n) is 18.8. The van der Waals surface area contributed by atoms with Gasteiger partial charge in [-0.05, 0) is 45.9 Å². The second-order valence-electron chi connectivity index (χ2n) is 8.81. The molecule has 1 aromatic heterocycles. The summed E-state index contributed by atoms with van der Waals surface area (Å²) < 4.78 is 18.3. The molecular formula is C23H29N3O6. The molecule has 2 atom stereocenters. The van der Waals surface area contributed by atoms with Crippen molar-refractivity contribution in [3.8, 4) is 5.75 Å². The van der Waals surface area contributed by atoms with Gasteiger partial charge in [0, 0.05) is 23.7 Å². The van der Waals surface area contributed by atoms with E-state index in [9.17, 15) is 14.4 Å². The van der Waals surface area contributed by atoms with Crippen molar-refractivity contribution in [2.75, 3.05) is 19.7 Å². The van der Waals surface area contributed by atoms with Crippen LogP contribution in [0.15, 0.2) is 35.3 Å². The summed E-state index contributed by atoms with van der Waals surface area (Å²) in [4.78, 5) is 40.3. The first kappa shape index (κ1) is 22.0. The lowest BCUT2D eigenvalue weighted by Crippen LogP contribution is -2.33. The van der Waals surface area contributed by atoms with Crippen LogP contribution in [0.5, 0.6) is 5.75 Å². The molecule has 2 amide bonds. The fourth-order valence-electron chi connectivity index (χ4n) is 4.07. The predicted molar refractivity (Wildman–Crippen MR) is 118 cm³/mol. The fourth-order valence-corrected chi connectivity index (χ4v) is 4.07. The van der Waals surface area contributed by atoms with E-state index < -0.39 is 0 Å². The number of cyclic esters (lactones) is 2. The van der Waals surface area contributed by atoms with E-state index in [2.05, 4.69) is 0 Å². The van der Waals surface area contributed by atoms with Crippen LogP contribution in [-0.2, 0) is 16.0 Å². The first-order valence-electron chi connectivity index (χ1n) is 10.9. The van der Waals surface area contributed by atoms with E-state index >= 15 is 0 Å². The van der Waals surface area contributed by atoms with Crippen LogP contribution >= 0.6 is 0 Å². The summed E-state index contributed by atoms with van der Waals surface area (Å²) in [6, 6.07) is 7.24. The molecule has 0 N–H and O–H groups in total. The van der Waals surface area contributed by atoms with Crippen LogP contribution in [0.3, 0.4) is 0 Å². The van der Waals surface area contributed by atoms with Crippen LogP contribution in [0.1, 0.15) is 27.7 Å². The largest absolute Gasteiger partial charge is 0.489 e. The van der Waals surface area contributed by atoms with Crippen molar-refractivity contribution >= 4 is 23.0 Å². The van der Waals surface area contributed by atoms with Crippen LogP contribution in [0, 0.1) is 0 Å². The van der Waals surface area contributed by atoms with Gasteiger partial charge in [0.15, 0.2) is 6.10 Å². The number of rotatable bonds is 7. The molecule has 2 aliphatic rings. The van der Waals surface area contributed by atoms with Crippen molar-refractivity contribution in [1.82, 2.24) is 14.4 Å². The molecule has 2 saturated heterocycles. The Balaban J connectivity index is 1.48. The molecule has 3 heterocycles. The molecule has 9 nitrogen and oxygen atoms in total. The number of benzene rings is 1. The van der Waals surface area contributed by atoms with E-state index in [0.29, 0.717) is 29.6 Å². The molecule has 0 aliphatic carbocycles. The summed E-state index contributed by atoms with van der Waals surface area (Å²) in [7, 11) is 0. The smallest absolute Gasteiger partial charge is 0.410 e. The Morgan fingerprint density at radius 1 is 0.906 bits per heavy atom. The summed E-state index contributed by atoms with van der Waals surface area (Å²) >= 11 is 0. The number of fused-ring (bicyclic) bond motifs is 1. The maximum Gasteiger partial charge on any atom is 0.410 e. The van der Waals surface area contributed by atoms with Gasteiger partial charge in [-0.1, -0.05) is 6.07 Å². The minimum atomic E-state index is -0.375. The molecule has 1 aromatic carbocycles. The third kappa shape index (κ3) is 4.24. The van der Waals surface area contributed by atoms with Crippen molar-refractivity contribution in [1.29, 1.82) is 0 Å². The Labute approximate surface area is 186 Å². The summed E-state index contributed by atoms with van der Waals surface area (Å²) in [5.74, 6) is 0.559. The van der Waals surface area contributed by atoms with E-state index in [4.69, 9.17) is 14.2 Å². The Bertz CT molecular complexity index is 1080. The van der Waals surface area contributed by atoms with Gasteiger partial charge in [0.05, 0.1) is 25.0 Å². The van der Waals surface area contributed by atoms with Gasteiger partial charge in [0.2, 0.25) is 0 Å². The summed E-state index contributed by atoms with van der Waals surface area (Å²) in [5, 5.41) is 1.20. The van der Waals surface area contributed by atoms with Crippen LogP contribution < -0.4 is 10.3 Å². The minimum Gasteiger partial charge on any atom is -0.489 e. The van der Waals surface area contributed by atoms with Crippen LogP contribution in [0.25, 0.3) is 10.8 Å². The number of aromatic nitrogens is 1. The fraction of sp³-hybridized carbons (Fsp3) is 0.522. The number of ether oxygens (including phenoxy) is 3. The Morgan fingerprint density at radius 2 is 1.53 bits per heavy atom. The summed E-state index contributed by atoms with van der Waals surface area (Å²) in [5.41, 5.74) is -0.176. The lowest BCUT2D eigenvalue weighted by Gasteiger charge is -2.17. The van der Waals surface area contributed by atoms with Gasteiger partial charge in [-0.3, -0.25) is 4.79 Å². The Morgan fingerprint density at radius 3 is 2.16 bits per heavy atom. The molecule has 0 radical (unpaired) electrons. The van der Waals surface area contributed by atoms with Gasteiger partial charge in [-0.25, -0.2) is 9.59 Å². The normalized spacial score (nSPS) is 21.1. The number of pyridine rings is 1. The quantitative estimate of drug-likeness (QED) is 0.654. The number of hydrogen-bond donors (Lipinski definition) is 0. The van der Waals surface area contributed by atoms with Crippen molar-refractivity contribution in [2.45, 2.75) is 58.5 Å². The van der Waals surface area contributed by atoms with E-state index in [0.717, 1.165) is 0 Å². The highest BCUT2D eigenvalue weighted by atomic mass is 16.6. The first-order chi connectivity index (χ1) is 15.2. The highest BCUT2D eigenvalue weighted by Gasteiger charge is 2.34. The van der Waals surface area contributed by atoms with Crippen molar-refractivity contribution < 1.29 is 23.8 Å². The highest BCUT2D eigenvalue weighted by Crippen LogP contribution is 2.25. The highest BCUT2D eigenvalue weighted by molar-refractivity contribution is 5.87. The zero-order valence-corrected chi connectivity index (χ0v) is 18.8. The molecule has 0 bridgehead atoms. The molecule has 2 aliphatic heterocycles. The van der Waals surface area contributed by atoms with E-state index in [1.165, 1.54) is 0 Å². The van der Waals surface area contributed by atoms with Gasteiger partial charge < -0.3 is 28.6 Å². The second kappa shape index (κ2) is 8.72. The molecule has 0 spiro atoms. The first-order valence-corrected chi connectivity index (χ1v) is 10.9. The molecule has 2 fully saturated rings. The van der Waals surface area contributed by atoms with E-state index in [1.807, 2.05) is 33.8 Å². The maximum absolute atomic E-state index is 13.1. The Hall–Kier alpha value is -3.23. The molecule has 2 aromatic rings. The van der Waals surface area contributed by atoms with Gasteiger partial charge >= 0.3 is 12.2 Å². The summed E-state index contributed by atoms with van der Waals surface area (Å²) in [6.07, 6.45) is 0.276.